The largest absolute Gasteiger partial charge is 0.356 e. The van der Waals surface area contributed by atoms with Crippen LogP contribution in [0.15, 0.2) is 23.3 Å². The summed E-state index contributed by atoms with van der Waals surface area (Å²) in [6.45, 7) is 5.60. The van der Waals surface area contributed by atoms with Crippen molar-refractivity contribution >= 4 is 17.7 Å². The van der Waals surface area contributed by atoms with Gasteiger partial charge >= 0.3 is 0 Å². The van der Waals surface area contributed by atoms with Crippen LogP contribution >= 0.6 is 0 Å². The smallest absolute Gasteiger partial charge is 0.227 e. The molecule has 1 amide bonds. The Bertz CT molecular complexity index is 484. The first kappa shape index (κ1) is 18.9. The van der Waals surface area contributed by atoms with Crippen LogP contribution in [0.1, 0.15) is 44.6 Å². The van der Waals surface area contributed by atoms with Crippen LogP contribution in [0.3, 0.4) is 0 Å². The Morgan fingerprint density at radius 1 is 1.17 bits per heavy atom. The normalized spacial score (nSPS) is 11.2. The summed E-state index contributed by atoms with van der Waals surface area (Å²) in [6, 6.07) is 3.72. The van der Waals surface area contributed by atoms with Gasteiger partial charge in [-0.05, 0) is 25.0 Å². The van der Waals surface area contributed by atoms with Crippen LogP contribution in [0.4, 0.5) is 5.82 Å². The van der Waals surface area contributed by atoms with E-state index >= 15 is 0 Å². The molecular formula is C17H29N5O. The van der Waals surface area contributed by atoms with Crippen molar-refractivity contribution in [2.45, 2.75) is 46.0 Å². The first-order valence-electron chi connectivity index (χ1n) is 8.32. The predicted molar refractivity (Wildman–Crippen MR) is 95.7 cm³/mol. The lowest BCUT2D eigenvalue weighted by atomic mass is 10.2. The van der Waals surface area contributed by atoms with Crippen molar-refractivity contribution in [1.82, 2.24) is 15.6 Å². The van der Waals surface area contributed by atoms with Gasteiger partial charge in [0.25, 0.3) is 0 Å². The molecule has 128 valence electrons. The predicted octanol–water partition coefficient (Wildman–Crippen LogP) is 2.46. The molecule has 3 N–H and O–H groups in total. The average molecular weight is 319 g/mol. The summed E-state index contributed by atoms with van der Waals surface area (Å²) in [5.41, 5.74) is 1.07. The van der Waals surface area contributed by atoms with Crippen LogP contribution < -0.4 is 16.0 Å². The van der Waals surface area contributed by atoms with E-state index in [2.05, 4.69) is 32.9 Å². The van der Waals surface area contributed by atoms with Gasteiger partial charge in [0.2, 0.25) is 5.91 Å². The highest BCUT2D eigenvalue weighted by Crippen LogP contribution is 2.03. The molecule has 23 heavy (non-hydrogen) atoms. The lowest BCUT2D eigenvalue weighted by Crippen LogP contribution is -2.39. The first-order chi connectivity index (χ1) is 11.2. The SMILES string of the molecule is CCCCCCNC(=NC)NCCC(=O)Nc1ccc(C)cn1. The molecule has 6 nitrogen and oxygen atoms in total. The first-order valence-corrected chi connectivity index (χ1v) is 8.32. The number of hydrogen-bond acceptors (Lipinski definition) is 3. The molecular weight excluding hydrogens is 290 g/mol. The number of pyridine rings is 1. The van der Waals surface area contributed by atoms with Crippen LogP contribution in [0.2, 0.25) is 0 Å². The van der Waals surface area contributed by atoms with E-state index in [1.54, 1.807) is 19.3 Å². The highest BCUT2D eigenvalue weighted by atomic mass is 16.1. The summed E-state index contributed by atoms with van der Waals surface area (Å²) in [5.74, 6) is 1.26. The topological polar surface area (TPSA) is 78.4 Å². The van der Waals surface area contributed by atoms with Gasteiger partial charge in [-0.2, -0.15) is 0 Å². The van der Waals surface area contributed by atoms with E-state index < -0.39 is 0 Å². The fraction of sp³-hybridized carbons (Fsp3) is 0.588. The molecule has 0 radical (unpaired) electrons. The monoisotopic (exact) mass is 319 g/mol. The number of amides is 1. The maximum Gasteiger partial charge on any atom is 0.227 e. The molecule has 1 aromatic rings. The Labute approximate surface area is 139 Å². The number of carbonyl (C=O) groups is 1. The van der Waals surface area contributed by atoms with E-state index in [1.165, 1.54) is 19.3 Å². The van der Waals surface area contributed by atoms with Crippen molar-refractivity contribution in [3.8, 4) is 0 Å². The third-order valence-electron chi connectivity index (χ3n) is 3.37. The summed E-state index contributed by atoms with van der Waals surface area (Å²) in [5, 5.41) is 9.17. The molecule has 6 heteroatoms. The van der Waals surface area contributed by atoms with Gasteiger partial charge in [-0.15, -0.1) is 0 Å². The van der Waals surface area contributed by atoms with Crippen molar-refractivity contribution in [3.05, 3.63) is 23.9 Å². The fourth-order valence-electron chi connectivity index (χ4n) is 2.02. The molecule has 0 aliphatic heterocycles. The van der Waals surface area contributed by atoms with E-state index in [1.807, 2.05) is 13.0 Å². The molecule has 1 rings (SSSR count). The van der Waals surface area contributed by atoms with Crippen molar-refractivity contribution in [3.63, 3.8) is 0 Å². The van der Waals surface area contributed by atoms with Gasteiger partial charge in [0.1, 0.15) is 5.82 Å². The van der Waals surface area contributed by atoms with Gasteiger partial charge in [-0.1, -0.05) is 32.3 Å². The molecule has 0 aliphatic rings. The molecule has 0 unspecified atom stereocenters. The zero-order valence-corrected chi connectivity index (χ0v) is 14.5. The minimum atomic E-state index is -0.0627. The number of nitrogens with zero attached hydrogens (tertiary/aromatic N) is 2. The summed E-state index contributed by atoms with van der Waals surface area (Å²) in [6.07, 6.45) is 6.96. The Morgan fingerprint density at radius 2 is 1.96 bits per heavy atom. The number of anilines is 1. The number of unbranched alkanes of at least 4 members (excludes halogenated alkanes) is 3. The second-order valence-corrected chi connectivity index (χ2v) is 5.51. The fourth-order valence-corrected chi connectivity index (χ4v) is 2.02. The highest BCUT2D eigenvalue weighted by Gasteiger charge is 2.04. The van der Waals surface area contributed by atoms with Gasteiger partial charge in [0, 0.05) is 32.8 Å². The number of nitrogens with one attached hydrogen (secondary N) is 3. The van der Waals surface area contributed by atoms with E-state index in [0.717, 1.165) is 24.5 Å². The number of carbonyl (C=O) groups excluding carboxylic acids is 1. The number of guanidine groups is 1. The molecule has 1 heterocycles. The van der Waals surface area contributed by atoms with Gasteiger partial charge in [0.15, 0.2) is 5.96 Å². The quantitative estimate of drug-likeness (QED) is 0.371. The number of aliphatic imine (C=N–C) groups is 1. The third kappa shape index (κ3) is 8.80. The molecule has 0 saturated carbocycles. The Balaban J connectivity index is 2.18. The third-order valence-corrected chi connectivity index (χ3v) is 3.37. The zero-order valence-electron chi connectivity index (χ0n) is 14.5. The maximum atomic E-state index is 11.8. The highest BCUT2D eigenvalue weighted by molar-refractivity contribution is 5.90. The molecule has 0 saturated heterocycles. The zero-order chi connectivity index (χ0) is 16.9. The summed E-state index contributed by atoms with van der Waals surface area (Å²) >= 11 is 0. The molecule has 0 fully saturated rings. The van der Waals surface area contributed by atoms with Gasteiger partial charge in [-0.25, -0.2) is 4.98 Å². The standard InChI is InChI=1S/C17H29N5O/c1-4-5-6-7-11-19-17(18-3)20-12-10-16(23)22-15-9-8-14(2)13-21-15/h8-9,13H,4-7,10-12H2,1-3H3,(H2,18,19,20)(H,21,22,23). The Kier molecular flexibility index (Phi) is 9.43. The maximum absolute atomic E-state index is 11.8. The van der Waals surface area contributed by atoms with E-state index in [4.69, 9.17) is 0 Å². The molecule has 0 aromatic carbocycles. The van der Waals surface area contributed by atoms with Crippen LogP contribution in [-0.2, 0) is 4.79 Å². The van der Waals surface area contributed by atoms with Gasteiger partial charge in [-0.3, -0.25) is 9.79 Å². The van der Waals surface area contributed by atoms with Crippen LogP contribution in [0, 0.1) is 6.92 Å². The lowest BCUT2D eigenvalue weighted by Gasteiger charge is -2.11. The minimum absolute atomic E-state index is 0.0627. The number of rotatable bonds is 9. The van der Waals surface area contributed by atoms with Crippen molar-refractivity contribution in [1.29, 1.82) is 0 Å². The number of hydrogen-bond donors (Lipinski definition) is 3. The second kappa shape index (κ2) is 11.5. The Morgan fingerprint density at radius 3 is 2.61 bits per heavy atom. The molecule has 0 aliphatic carbocycles. The van der Waals surface area contributed by atoms with Crippen LogP contribution in [-0.4, -0.2) is 37.0 Å². The summed E-state index contributed by atoms with van der Waals surface area (Å²) < 4.78 is 0. The number of aromatic nitrogens is 1. The van der Waals surface area contributed by atoms with Gasteiger partial charge in [0.05, 0.1) is 0 Å². The van der Waals surface area contributed by atoms with Crippen molar-refractivity contribution < 1.29 is 4.79 Å². The molecule has 0 bridgehead atoms. The molecule has 1 aromatic heterocycles. The van der Waals surface area contributed by atoms with Crippen molar-refractivity contribution in [2.75, 3.05) is 25.5 Å². The molecule has 0 spiro atoms. The molecule has 0 atom stereocenters. The van der Waals surface area contributed by atoms with E-state index in [0.29, 0.717) is 18.8 Å². The summed E-state index contributed by atoms with van der Waals surface area (Å²) in [4.78, 5) is 20.1. The Hall–Kier alpha value is -2.11. The van der Waals surface area contributed by atoms with Gasteiger partial charge < -0.3 is 16.0 Å². The summed E-state index contributed by atoms with van der Waals surface area (Å²) in [7, 11) is 1.73. The minimum Gasteiger partial charge on any atom is -0.356 e. The van der Waals surface area contributed by atoms with Crippen LogP contribution in [0.5, 0.6) is 0 Å². The van der Waals surface area contributed by atoms with Crippen LogP contribution in [0.25, 0.3) is 0 Å². The number of aryl methyl sites for hydroxylation is 1. The van der Waals surface area contributed by atoms with E-state index in [9.17, 15) is 4.79 Å². The van der Waals surface area contributed by atoms with Crippen molar-refractivity contribution in [2.24, 2.45) is 4.99 Å². The lowest BCUT2D eigenvalue weighted by molar-refractivity contribution is -0.116. The average Bonchev–Trinajstić information content (AvgIpc) is 2.55. The second-order valence-electron chi connectivity index (χ2n) is 5.51. The van der Waals surface area contributed by atoms with E-state index in [-0.39, 0.29) is 5.91 Å².